The SMILES string of the molecule is CCCS(=O)(=O)N1CCC2(CC1)CN(c1ccc(C#N)c(C(F)(F)F)c1)CC2C(=O)NC1CC1. The first-order valence-electron chi connectivity index (χ1n) is 11.6. The number of hydrogen-bond acceptors (Lipinski definition) is 5. The average Bonchev–Trinajstić information content (AvgIpc) is 3.52. The van der Waals surface area contributed by atoms with Gasteiger partial charge in [0.15, 0.2) is 0 Å². The van der Waals surface area contributed by atoms with E-state index in [0.717, 1.165) is 18.9 Å². The monoisotopic (exact) mass is 498 g/mol. The third-order valence-electron chi connectivity index (χ3n) is 7.26. The summed E-state index contributed by atoms with van der Waals surface area (Å²) in [4.78, 5) is 14.9. The van der Waals surface area contributed by atoms with Gasteiger partial charge in [0.2, 0.25) is 15.9 Å². The molecular weight excluding hydrogens is 469 g/mol. The fourth-order valence-electron chi connectivity index (χ4n) is 5.22. The van der Waals surface area contributed by atoms with Gasteiger partial charge in [-0.05, 0) is 50.3 Å². The van der Waals surface area contributed by atoms with Gasteiger partial charge in [0.05, 0.1) is 28.9 Å². The summed E-state index contributed by atoms with van der Waals surface area (Å²) in [5.74, 6) is -0.489. The zero-order valence-corrected chi connectivity index (χ0v) is 19.9. The lowest BCUT2D eigenvalue weighted by atomic mass is 9.71. The van der Waals surface area contributed by atoms with Crippen molar-refractivity contribution < 1.29 is 26.4 Å². The summed E-state index contributed by atoms with van der Waals surface area (Å²) in [5.41, 5.74) is -1.65. The first kappa shape index (κ1) is 24.8. The number of nitrogens with zero attached hydrogens (tertiary/aromatic N) is 3. The highest BCUT2D eigenvalue weighted by Gasteiger charge is 2.53. The maximum Gasteiger partial charge on any atom is 0.417 e. The van der Waals surface area contributed by atoms with Gasteiger partial charge in [0, 0.05) is 43.3 Å². The molecule has 2 saturated heterocycles. The molecule has 1 unspecified atom stereocenters. The minimum absolute atomic E-state index is 0.0726. The summed E-state index contributed by atoms with van der Waals surface area (Å²) < 4.78 is 67.1. The number of nitrogens with one attached hydrogen (secondary N) is 1. The molecule has 1 aliphatic carbocycles. The van der Waals surface area contributed by atoms with E-state index in [0.29, 0.717) is 44.6 Å². The molecule has 2 aliphatic heterocycles. The topological polar surface area (TPSA) is 93.5 Å². The van der Waals surface area contributed by atoms with E-state index in [9.17, 15) is 26.4 Å². The Bertz CT molecular complexity index is 1090. The summed E-state index contributed by atoms with van der Waals surface area (Å²) in [6.45, 7) is 3.02. The molecule has 4 rings (SSSR count). The minimum atomic E-state index is -4.67. The van der Waals surface area contributed by atoms with Gasteiger partial charge in [0.1, 0.15) is 0 Å². The molecule has 3 aliphatic rings. The van der Waals surface area contributed by atoms with Crippen LogP contribution < -0.4 is 10.2 Å². The van der Waals surface area contributed by atoms with Crippen molar-refractivity contribution in [2.24, 2.45) is 11.3 Å². The standard InChI is InChI=1S/C23H29F3N4O3S/c1-2-11-34(32,33)30-9-7-22(8-10-30)15-29(14-20(22)21(31)28-17-4-5-17)18-6-3-16(13-27)19(12-18)23(24,25)26/h3,6,12,17,20H,2,4-5,7-11,14-15H2,1H3,(H,28,31). The number of sulfonamides is 1. The van der Waals surface area contributed by atoms with Crippen molar-refractivity contribution >= 4 is 21.6 Å². The zero-order valence-electron chi connectivity index (χ0n) is 19.1. The molecule has 1 aromatic carbocycles. The molecule has 0 radical (unpaired) electrons. The molecule has 3 fully saturated rings. The Hall–Kier alpha value is -2.32. The van der Waals surface area contributed by atoms with Crippen LogP contribution in [0.3, 0.4) is 0 Å². The first-order valence-corrected chi connectivity index (χ1v) is 13.2. The number of carbonyl (C=O) groups excluding carboxylic acids is 1. The van der Waals surface area contributed by atoms with Crippen LogP contribution in [0.15, 0.2) is 18.2 Å². The van der Waals surface area contributed by atoms with E-state index in [1.807, 2.05) is 6.92 Å². The van der Waals surface area contributed by atoms with Crippen LogP contribution in [0.1, 0.15) is 50.2 Å². The van der Waals surface area contributed by atoms with Crippen LogP contribution in [0.5, 0.6) is 0 Å². The Morgan fingerprint density at radius 2 is 1.94 bits per heavy atom. The molecule has 7 nitrogen and oxygen atoms in total. The number of anilines is 1. The average molecular weight is 499 g/mol. The summed E-state index contributed by atoms with van der Waals surface area (Å²) in [5, 5.41) is 12.1. The van der Waals surface area contributed by atoms with Gasteiger partial charge in [-0.3, -0.25) is 4.79 Å². The third kappa shape index (κ3) is 4.89. The number of amides is 1. The number of alkyl halides is 3. The van der Waals surface area contributed by atoms with Crippen LogP contribution in [0.2, 0.25) is 0 Å². The first-order chi connectivity index (χ1) is 16.0. The van der Waals surface area contributed by atoms with Crippen molar-refractivity contribution in [3.63, 3.8) is 0 Å². The molecule has 1 amide bonds. The Morgan fingerprint density at radius 3 is 2.50 bits per heavy atom. The second kappa shape index (κ2) is 9.04. The lowest BCUT2D eigenvalue weighted by Gasteiger charge is -2.41. The predicted octanol–water partition coefficient (Wildman–Crippen LogP) is 3.11. The Morgan fingerprint density at radius 1 is 1.26 bits per heavy atom. The van der Waals surface area contributed by atoms with Crippen LogP contribution in [0.4, 0.5) is 18.9 Å². The third-order valence-corrected chi connectivity index (χ3v) is 9.33. The summed E-state index contributed by atoms with van der Waals surface area (Å²) >= 11 is 0. The Balaban J connectivity index is 1.61. The fourth-order valence-corrected chi connectivity index (χ4v) is 6.73. The van der Waals surface area contributed by atoms with Crippen molar-refractivity contribution in [2.75, 3.05) is 36.8 Å². The van der Waals surface area contributed by atoms with Gasteiger partial charge >= 0.3 is 6.18 Å². The van der Waals surface area contributed by atoms with Gasteiger partial charge in [-0.2, -0.15) is 18.4 Å². The molecule has 11 heteroatoms. The highest BCUT2D eigenvalue weighted by molar-refractivity contribution is 7.89. The number of rotatable bonds is 6. The van der Waals surface area contributed by atoms with Gasteiger partial charge < -0.3 is 10.2 Å². The Labute approximate surface area is 197 Å². The maximum atomic E-state index is 13.5. The van der Waals surface area contributed by atoms with Crippen molar-refractivity contribution in [3.05, 3.63) is 29.3 Å². The summed E-state index contributed by atoms with van der Waals surface area (Å²) in [6.07, 6.45) is -1.37. The zero-order chi connectivity index (χ0) is 24.7. The number of carbonyl (C=O) groups is 1. The fraction of sp³-hybridized carbons (Fsp3) is 0.652. The summed E-state index contributed by atoms with van der Waals surface area (Å²) in [7, 11) is -3.36. The number of nitriles is 1. The molecule has 34 heavy (non-hydrogen) atoms. The van der Waals surface area contributed by atoms with Gasteiger partial charge in [-0.15, -0.1) is 0 Å². The maximum absolute atomic E-state index is 13.5. The summed E-state index contributed by atoms with van der Waals surface area (Å²) in [6, 6.07) is 5.38. The van der Waals surface area contributed by atoms with E-state index in [-0.39, 0.29) is 24.2 Å². The van der Waals surface area contributed by atoms with Crippen molar-refractivity contribution in [2.45, 2.75) is 51.2 Å². The second-order valence-electron chi connectivity index (χ2n) is 9.63. The van der Waals surface area contributed by atoms with Crippen LogP contribution in [-0.4, -0.2) is 56.6 Å². The molecular formula is C23H29F3N4O3S. The smallest absolute Gasteiger partial charge is 0.370 e. The number of hydrogen-bond donors (Lipinski definition) is 1. The number of benzene rings is 1. The largest absolute Gasteiger partial charge is 0.417 e. The van der Waals surface area contributed by atoms with E-state index in [4.69, 9.17) is 5.26 Å². The molecule has 1 atom stereocenters. The lowest BCUT2D eigenvalue weighted by molar-refractivity contribution is -0.137. The molecule has 1 aromatic rings. The molecule has 0 aromatic heterocycles. The van der Waals surface area contributed by atoms with Crippen LogP contribution in [0, 0.1) is 22.7 Å². The quantitative estimate of drug-likeness (QED) is 0.651. The van der Waals surface area contributed by atoms with Gasteiger partial charge in [-0.1, -0.05) is 6.92 Å². The van der Waals surface area contributed by atoms with Gasteiger partial charge in [-0.25, -0.2) is 12.7 Å². The van der Waals surface area contributed by atoms with E-state index < -0.39 is 38.7 Å². The van der Waals surface area contributed by atoms with Gasteiger partial charge in [0.25, 0.3) is 0 Å². The van der Waals surface area contributed by atoms with E-state index in [1.54, 1.807) is 11.0 Å². The second-order valence-corrected chi connectivity index (χ2v) is 11.7. The highest BCUT2D eigenvalue weighted by atomic mass is 32.2. The number of piperidine rings is 1. The van der Waals surface area contributed by atoms with Crippen molar-refractivity contribution in [1.29, 1.82) is 5.26 Å². The molecule has 186 valence electrons. The van der Waals surface area contributed by atoms with Crippen molar-refractivity contribution in [3.8, 4) is 6.07 Å². The molecule has 2 heterocycles. The molecule has 1 N–H and O–H groups in total. The van der Waals surface area contributed by atoms with E-state index in [2.05, 4.69) is 5.32 Å². The van der Waals surface area contributed by atoms with E-state index >= 15 is 0 Å². The molecule has 0 bridgehead atoms. The predicted molar refractivity (Wildman–Crippen MR) is 120 cm³/mol. The minimum Gasteiger partial charge on any atom is -0.370 e. The molecule has 1 spiro atoms. The normalized spacial score (nSPS) is 23.1. The van der Waals surface area contributed by atoms with Crippen LogP contribution in [0.25, 0.3) is 0 Å². The van der Waals surface area contributed by atoms with Crippen LogP contribution >= 0.6 is 0 Å². The van der Waals surface area contributed by atoms with E-state index in [1.165, 1.54) is 16.4 Å². The number of halogens is 3. The van der Waals surface area contributed by atoms with Crippen LogP contribution in [-0.2, 0) is 21.0 Å². The van der Waals surface area contributed by atoms with Crippen molar-refractivity contribution in [1.82, 2.24) is 9.62 Å². The lowest BCUT2D eigenvalue weighted by Crippen LogP contribution is -2.50. The Kier molecular flexibility index (Phi) is 6.59. The highest BCUT2D eigenvalue weighted by Crippen LogP contribution is 2.47. The molecule has 1 saturated carbocycles.